The third-order valence-electron chi connectivity index (χ3n) is 3.65. The van der Waals surface area contributed by atoms with Gasteiger partial charge in [0.2, 0.25) is 6.79 Å². The molecule has 0 amide bonds. The van der Waals surface area contributed by atoms with E-state index in [1.165, 1.54) is 5.56 Å². The summed E-state index contributed by atoms with van der Waals surface area (Å²) in [5.41, 5.74) is 7.17. The number of hydrogen-bond donors (Lipinski definition) is 2. The first-order valence-electron chi connectivity index (χ1n) is 7.00. The summed E-state index contributed by atoms with van der Waals surface area (Å²) < 4.78 is 10.7. The zero-order chi connectivity index (χ0) is 13.7. The fraction of sp³-hybridized carbons (Fsp3) is 0.600. The lowest BCUT2D eigenvalue weighted by Crippen LogP contribution is -2.49. The van der Waals surface area contributed by atoms with Gasteiger partial charge in [-0.1, -0.05) is 13.0 Å². The number of benzene rings is 1. The first-order valence-corrected chi connectivity index (χ1v) is 7.00. The second-order valence-electron chi connectivity index (χ2n) is 5.38. The molecule has 1 heterocycles. The van der Waals surface area contributed by atoms with E-state index in [9.17, 15) is 0 Å². The molecule has 106 valence electrons. The van der Waals surface area contributed by atoms with Gasteiger partial charge in [-0.2, -0.15) is 0 Å². The Morgan fingerprint density at radius 3 is 2.84 bits per heavy atom. The van der Waals surface area contributed by atoms with Gasteiger partial charge in [0.15, 0.2) is 11.5 Å². The molecule has 1 aliphatic rings. The Hall–Kier alpha value is -1.26. The van der Waals surface area contributed by atoms with Crippen molar-refractivity contribution in [1.82, 2.24) is 5.32 Å². The van der Waals surface area contributed by atoms with Gasteiger partial charge < -0.3 is 20.5 Å². The molecule has 0 aliphatic carbocycles. The summed E-state index contributed by atoms with van der Waals surface area (Å²) in [6, 6.07) is 6.15. The van der Waals surface area contributed by atoms with Crippen LogP contribution in [-0.4, -0.2) is 25.4 Å². The predicted molar refractivity (Wildman–Crippen MR) is 76.6 cm³/mol. The number of fused-ring (bicyclic) bond motifs is 1. The second-order valence-corrected chi connectivity index (χ2v) is 5.38. The maximum atomic E-state index is 5.89. The molecule has 1 atom stereocenters. The van der Waals surface area contributed by atoms with Crippen LogP contribution in [0.25, 0.3) is 0 Å². The minimum Gasteiger partial charge on any atom is -0.454 e. The molecular weight excluding hydrogens is 240 g/mol. The molecule has 19 heavy (non-hydrogen) atoms. The minimum atomic E-state index is 0.00633. The lowest BCUT2D eigenvalue weighted by molar-refractivity contribution is 0.174. The summed E-state index contributed by atoms with van der Waals surface area (Å²) in [6.45, 7) is 6.35. The third kappa shape index (κ3) is 3.61. The fourth-order valence-corrected chi connectivity index (χ4v) is 2.21. The van der Waals surface area contributed by atoms with Crippen molar-refractivity contribution in [2.75, 3.05) is 19.9 Å². The van der Waals surface area contributed by atoms with Crippen LogP contribution in [0.1, 0.15) is 32.3 Å². The Morgan fingerprint density at radius 1 is 1.32 bits per heavy atom. The van der Waals surface area contributed by atoms with Crippen LogP contribution in [0.15, 0.2) is 18.2 Å². The fourth-order valence-electron chi connectivity index (χ4n) is 2.21. The Bertz CT molecular complexity index is 423. The van der Waals surface area contributed by atoms with Gasteiger partial charge in [-0.15, -0.1) is 0 Å². The number of aryl methyl sites for hydroxylation is 1. The molecule has 0 saturated carbocycles. The molecule has 0 aromatic heterocycles. The predicted octanol–water partition coefficient (Wildman–Crippen LogP) is 2.06. The molecule has 4 nitrogen and oxygen atoms in total. The Morgan fingerprint density at radius 2 is 2.11 bits per heavy atom. The van der Waals surface area contributed by atoms with Crippen LogP contribution in [0.3, 0.4) is 0 Å². The molecule has 0 radical (unpaired) electrons. The standard InChI is InChI=1S/C15H24N2O2/c1-3-8-17-15(2,10-16)7-6-12-4-5-13-14(9-12)19-11-18-13/h4-5,9,17H,3,6-8,10-11,16H2,1-2H3. The van der Waals surface area contributed by atoms with E-state index in [2.05, 4.69) is 31.3 Å². The molecule has 4 heteroatoms. The van der Waals surface area contributed by atoms with E-state index in [4.69, 9.17) is 15.2 Å². The number of nitrogens with one attached hydrogen (secondary N) is 1. The topological polar surface area (TPSA) is 56.5 Å². The quantitative estimate of drug-likeness (QED) is 0.791. The van der Waals surface area contributed by atoms with Gasteiger partial charge in [0, 0.05) is 12.1 Å². The van der Waals surface area contributed by atoms with Crippen molar-refractivity contribution in [2.24, 2.45) is 5.73 Å². The zero-order valence-electron chi connectivity index (χ0n) is 11.9. The van der Waals surface area contributed by atoms with Crippen LogP contribution in [0.2, 0.25) is 0 Å². The highest BCUT2D eigenvalue weighted by atomic mass is 16.7. The molecule has 3 N–H and O–H groups in total. The van der Waals surface area contributed by atoms with Crippen LogP contribution in [0.5, 0.6) is 11.5 Å². The number of ether oxygens (including phenoxy) is 2. The van der Waals surface area contributed by atoms with E-state index in [0.29, 0.717) is 13.3 Å². The summed E-state index contributed by atoms with van der Waals surface area (Å²) in [5, 5.41) is 3.54. The normalized spacial score (nSPS) is 16.4. The van der Waals surface area contributed by atoms with Crippen molar-refractivity contribution >= 4 is 0 Å². The van der Waals surface area contributed by atoms with E-state index in [-0.39, 0.29) is 5.54 Å². The van der Waals surface area contributed by atoms with Crippen molar-refractivity contribution < 1.29 is 9.47 Å². The first-order chi connectivity index (χ1) is 9.17. The molecule has 0 saturated heterocycles. The van der Waals surface area contributed by atoms with Crippen molar-refractivity contribution in [3.05, 3.63) is 23.8 Å². The largest absolute Gasteiger partial charge is 0.454 e. The summed E-state index contributed by atoms with van der Waals surface area (Å²) in [6.07, 6.45) is 3.13. The minimum absolute atomic E-state index is 0.00633. The van der Waals surface area contributed by atoms with Crippen molar-refractivity contribution in [1.29, 1.82) is 0 Å². The molecule has 0 spiro atoms. The summed E-state index contributed by atoms with van der Waals surface area (Å²) in [7, 11) is 0. The molecular formula is C15H24N2O2. The Labute approximate surface area is 115 Å². The highest BCUT2D eigenvalue weighted by Gasteiger charge is 2.21. The smallest absolute Gasteiger partial charge is 0.231 e. The monoisotopic (exact) mass is 264 g/mol. The molecule has 0 bridgehead atoms. The number of rotatable bonds is 7. The summed E-state index contributed by atoms with van der Waals surface area (Å²) in [4.78, 5) is 0. The van der Waals surface area contributed by atoms with E-state index in [0.717, 1.165) is 37.3 Å². The van der Waals surface area contributed by atoms with Crippen molar-refractivity contribution in [3.8, 4) is 11.5 Å². The summed E-state index contributed by atoms with van der Waals surface area (Å²) in [5.74, 6) is 1.70. The van der Waals surface area contributed by atoms with Gasteiger partial charge in [-0.25, -0.2) is 0 Å². The molecule has 1 unspecified atom stereocenters. The number of nitrogens with two attached hydrogens (primary N) is 1. The Kier molecular flexibility index (Phi) is 4.66. The highest BCUT2D eigenvalue weighted by molar-refractivity contribution is 5.44. The van der Waals surface area contributed by atoms with Crippen LogP contribution < -0.4 is 20.5 Å². The molecule has 1 aliphatic heterocycles. The maximum absolute atomic E-state index is 5.89. The van der Waals surface area contributed by atoms with Crippen LogP contribution >= 0.6 is 0 Å². The average molecular weight is 264 g/mol. The maximum Gasteiger partial charge on any atom is 0.231 e. The molecule has 2 rings (SSSR count). The Balaban J connectivity index is 1.93. The first kappa shape index (κ1) is 14.2. The third-order valence-corrected chi connectivity index (χ3v) is 3.65. The van der Waals surface area contributed by atoms with E-state index < -0.39 is 0 Å². The second kappa shape index (κ2) is 6.26. The van der Waals surface area contributed by atoms with Gasteiger partial charge in [-0.3, -0.25) is 0 Å². The van der Waals surface area contributed by atoms with Gasteiger partial charge in [0.1, 0.15) is 0 Å². The van der Waals surface area contributed by atoms with Gasteiger partial charge in [0.25, 0.3) is 0 Å². The van der Waals surface area contributed by atoms with Gasteiger partial charge in [-0.05, 0) is 50.4 Å². The van der Waals surface area contributed by atoms with E-state index in [1.54, 1.807) is 0 Å². The van der Waals surface area contributed by atoms with Crippen LogP contribution in [0.4, 0.5) is 0 Å². The summed E-state index contributed by atoms with van der Waals surface area (Å²) >= 11 is 0. The van der Waals surface area contributed by atoms with Gasteiger partial charge >= 0.3 is 0 Å². The number of hydrogen-bond acceptors (Lipinski definition) is 4. The van der Waals surface area contributed by atoms with Crippen LogP contribution in [0, 0.1) is 0 Å². The van der Waals surface area contributed by atoms with Crippen LogP contribution in [-0.2, 0) is 6.42 Å². The lowest BCUT2D eigenvalue weighted by atomic mass is 9.93. The van der Waals surface area contributed by atoms with E-state index in [1.807, 2.05) is 6.07 Å². The zero-order valence-corrected chi connectivity index (χ0v) is 11.9. The van der Waals surface area contributed by atoms with Crippen molar-refractivity contribution in [3.63, 3.8) is 0 Å². The lowest BCUT2D eigenvalue weighted by Gasteiger charge is -2.29. The SMILES string of the molecule is CCCNC(C)(CN)CCc1ccc2c(c1)OCO2. The van der Waals surface area contributed by atoms with E-state index >= 15 is 0 Å². The average Bonchev–Trinajstić information content (AvgIpc) is 2.90. The highest BCUT2D eigenvalue weighted by Crippen LogP contribution is 2.33. The molecule has 1 aromatic carbocycles. The van der Waals surface area contributed by atoms with Crippen molar-refractivity contribution in [2.45, 2.75) is 38.6 Å². The van der Waals surface area contributed by atoms with Gasteiger partial charge in [0.05, 0.1) is 0 Å². The molecule has 1 aromatic rings. The molecule has 0 fully saturated rings.